The molecule has 0 amide bonds. The Bertz CT molecular complexity index is 609. The van der Waals surface area contributed by atoms with Crippen molar-refractivity contribution < 1.29 is 0 Å². The lowest BCUT2D eigenvalue weighted by molar-refractivity contribution is 0.226. The Morgan fingerprint density at radius 1 is 1.44 bits per heavy atom. The first kappa shape index (κ1) is 11.9. The van der Waals surface area contributed by atoms with E-state index in [0.29, 0.717) is 6.04 Å². The molecule has 0 aliphatic heterocycles. The molecule has 3 rings (SSSR count). The molecule has 2 aromatic rings. The third kappa shape index (κ3) is 2.10. The van der Waals surface area contributed by atoms with Gasteiger partial charge in [-0.15, -0.1) is 0 Å². The highest BCUT2D eigenvalue weighted by atomic mass is 32.1. The van der Waals surface area contributed by atoms with Crippen LogP contribution in [0.15, 0.2) is 24.3 Å². The smallest absolute Gasteiger partial charge is 0.178 e. The van der Waals surface area contributed by atoms with Gasteiger partial charge in [-0.25, -0.2) is 0 Å². The van der Waals surface area contributed by atoms with Crippen LogP contribution in [0.3, 0.4) is 0 Å². The van der Waals surface area contributed by atoms with Gasteiger partial charge in [-0.05, 0) is 51.2 Å². The van der Waals surface area contributed by atoms with Gasteiger partial charge >= 0.3 is 0 Å². The van der Waals surface area contributed by atoms with Crippen LogP contribution in [0.2, 0.25) is 0 Å². The highest BCUT2D eigenvalue weighted by molar-refractivity contribution is 7.71. The fourth-order valence-electron chi connectivity index (χ4n) is 2.52. The monoisotopic (exact) mass is 261 g/mol. The quantitative estimate of drug-likeness (QED) is 0.855. The zero-order chi connectivity index (χ0) is 12.7. The maximum atomic E-state index is 5.43. The predicted molar refractivity (Wildman–Crippen MR) is 77.4 cm³/mol. The number of fused-ring (bicyclic) bond motifs is 1. The van der Waals surface area contributed by atoms with Gasteiger partial charge in [0.15, 0.2) is 4.77 Å². The number of aromatic nitrogens is 2. The minimum atomic E-state index is 0.517. The van der Waals surface area contributed by atoms with Crippen molar-refractivity contribution in [3.8, 4) is 0 Å². The van der Waals surface area contributed by atoms with Crippen molar-refractivity contribution in [1.29, 1.82) is 0 Å². The maximum Gasteiger partial charge on any atom is 0.178 e. The van der Waals surface area contributed by atoms with Gasteiger partial charge in [0.2, 0.25) is 0 Å². The largest absolute Gasteiger partial charge is 0.331 e. The van der Waals surface area contributed by atoms with Crippen molar-refractivity contribution >= 4 is 23.3 Å². The van der Waals surface area contributed by atoms with Gasteiger partial charge in [-0.1, -0.05) is 12.1 Å². The van der Waals surface area contributed by atoms with Crippen molar-refractivity contribution in [2.24, 2.45) is 0 Å². The number of H-pyrrole nitrogens is 1. The molecule has 1 heterocycles. The van der Waals surface area contributed by atoms with E-state index in [1.54, 1.807) is 0 Å². The van der Waals surface area contributed by atoms with Crippen LogP contribution in [0.4, 0.5) is 0 Å². The minimum absolute atomic E-state index is 0.517. The second-order valence-corrected chi connectivity index (χ2v) is 5.69. The summed E-state index contributed by atoms with van der Waals surface area (Å²) in [7, 11) is 2.22. The molecule has 1 atom stereocenters. The molecule has 1 aromatic heterocycles. The maximum absolute atomic E-state index is 5.43. The average Bonchev–Trinajstić information content (AvgIpc) is 3.15. The molecule has 1 N–H and O–H groups in total. The molecule has 18 heavy (non-hydrogen) atoms. The van der Waals surface area contributed by atoms with Crippen molar-refractivity contribution in [3.63, 3.8) is 0 Å². The van der Waals surface area contributed by atoms with E-state index in [1.165, 1.54) is 18.4 Å². The molecule has 0 radical (unpaired) electrons. The molecule has 0 spiro atoms. The topological polar surface area (TPSA) is 24.0 Å². The fourth-order valence-corrected chi connectivity index (χ4v) is 2.81. The lowest BCUT2D eigenvalue weighted by Crippen LogP contribution is -2.34. The van der Waals surface area contributed by atoms with Gasteiger partial charge in [-0.2, -0.15) is 0 Å². The van der Waals surface area contributed by atoms with Gasteiger partial charge in [0.25, 0.3) is 0 Å². The Kier molecular flexibility index (Phi) is 2.99. The standard InChI is InChI=1S/C14H19N3S/c1-10(16(2)11-7-8-11)9-17-13-6-4-3-5-12(13)15-14(17)18/h3-6,10-11H,7-9H2,1-2H3,(H,15,18). The number of hydrogen-bond acceptors (Lipinski definition) is 2. The summed E-state index contributed by atoms with van der Waals surface area (Å²) in [5, 5.41) is 0. The van der Waals surface area contributed by atoms with E-state index in [2.05, 4.69) is 46.6 Å². The molecule has 1 saturated carbocycles. The molecular formula is C14H19N3S. The van der Waals surface area contributed by atoms with Crippen molar-refractivity contribution in [3.05, 3.63) is 29.0 Å². The summed E-state index contributed by atoms with van der Waals surface area (Å²) in [4.78, 5) is 5.75. The molecule has 96 valence electrons. The van der Waals surface area contributed by atoms with Crippen LogP contribution in [0, 0.1) is 4.77 Å². The summed E-state index contributed by atoms with van der Waals surface area (Å²) in [6.45, 7) is 3.23. The number of nitrogens with one attached hydrogen (secondary N) is 1. The van der Waals surface area contributed by atoms with E-state index in [-0.39, 0.29) is 0 Å². The first-order valence-electron chi connectivity index (χ1n) is 6.56. The third-order valence-electron chi connectivity index (χ3n) is 3.95. The van der Waals surface area contributed by atoms with Crippen LogP contribution in [0.25, 0.3) is 11.0 Å². The molecule has 0 bridgehead atoms. The van der Waals surface area contributed by atoms with Gasteiger partial charge < -0.3 is 9.55 Å². The van der Waals surface area contributed by atoms with Gasteiger partial charge in [-0.3, -0.25) is 4.90 Å². The highest BCUT2D eigenvalue weighted by Crippen LogP contribution is 2.27. The third-order valence-corrected chi connectivity index (χ3v) is 4.27. The first-order valence-corrected chi connectivity index (χ1v) is 6.97. The molecule has 4 heteroatoms. The van der Waals surface area contributed by atoms with E-state index < -0.39 is 0 Å². The minimum Gasteiger partial charge on any atom is -0.331 e. The van der Waals surface area contributed by atoms with Crippen LogP contribution in [0.1, 0.15) is 19.8 Å². The molecule has 0 saturated heterocycles. The van der Waals surface area contributed by atoms with E-state index in [1.807, 2.05) is 6.07 Å². The normalized spacial score (nSPS) is 17.5. The molecule has 1 aromatic carbocycles. The zero-order valence-corrected chi connectivity index (χ0v) is 11.7. The number of para-hydroxylation sites is 2. The van der Waals surface area contributed by atoms with Crippen LogP contribution >= 0.6 is 12.2 Å². The van der Waals surface area contributed by atoms with Crippen LogP contribution in [0.5, 0.6) is 0 Å². The van der Waals surface area contributed by atoms with E-state index in [4.69, 9.17) is 12.2 Å². The Morgan fingerprint density at radius 2 is 2.17 bits per heavy atom. The number of likely N-dealkylation sites (N-methyl/N-ethyl adjacent to an activating group) is 1. The second kappa shape index (κ2) is 4.52. The molecule has 1 unspecified atom stereocenters. The Labute approximate surface area is 112 Å². The van der Waals surface area contributed by atoms with E-state index in [9.17, 15) is 0 Å². The lowest BCUT2D eigenvalue weighted by atomic mass is 10.2. The average molecular weight is 261 g/mol. The van der Waals surface area contributed by atoms with Gasteiger partial charge in [0.1, 0.15) is 0 Å². The Hall–Kier alpha value is -1.13. The van der Waals surface area contributed by atoms with Crippen molar-refractivity contribution in [2.45, 2.75) is 38.4 Å². The van der Waals surface area contributed by atoms with E-state index in [0.717, 1.165) is 22.9 Å². The van der Waals surface area contributed by atoms with Crippen molar-refractivity contribution in [2.75, 3.05) is 7.05 Å². The molecule has 1 fully saturated rings. The number of aromatic amines is 1. The van der Waals surface area contributed by atoms with Crippen LogP contribution < -0.4 is 0 Å². The number of hydrogen-bond donors (Lipinski definition) is 1. The van der Waals surface area contributed by atoms with Crippen molar-refractivity contribution in [1.82, 2.24) is 14.5 Å². The Balaban J connectivity index is 1.89. The summed E-state index contributed by atoms with van der Waals surface area (Å²) >= 11 is 5.43. The number of imidazole rings is 1. The van der Waals surface area contributed by atoms with Crippen LogP contribution in [-0.2, 0) is 6.54 Å². The molecule has 1 aliphatic rings. The van der Waals surface area contributed by atoms with Gasteiger partial charge in [0, 0.05) is 18.6 Å². The number of rotatable bonds is 4. The predicted octanol–water partition coefficient (Wildman–Crippen LogP) is 3.18. The second-order valence-electron chi connectivity index (χ2n) is 5.30. The highest BCUT2D eigenvalue weighted by Gasteiger charge is 2.29. The van der Waals surface area contributed by atoms with Gasteiger partial charge in [0.05, 0.1) is 11.0 Å². The van der Waals surface area contributed by atoms with E-state index >= 15 is 0 Å². The number of nitrogens with zero attached hydrogens (tertiary/aromatic N) is 2. The molecule has 1 aliphatic carbocycles. The summed E-state index contributed by atoms with van der Waals surface area (Å²) in [5.41, 5.74) is 2.34. The lowest BCUT2D eigenvalue weighted by Gasteiger charge is -2.25. The fraction of sp³-hybridized carbons (Fsp3) is 0.500. The van der Waals surface area contributed by atoms with Crippen LogP contribution in [-0.4, -0.2) is 33.6 Å². The summed E-state index contributed by atoms with van der Waals surface area (Å²) in [6, 6.07) is 9.62. The first-order chi connectivity index (χ1) is 8.66. The molecular weight excluding hydrogens is 242 g/mol. The Morgan fingerprint density at radius 3 is 2.89 bits per heavy atom. The summed E-state index contributed by atoms with van der Waals surface area (Å²) < 4.78 is 3.04. The summed E-state index contributed by atoms with van der Waals surface area (Å²) in [6.07, 6.45) is 2.69. The summed E-state index contributed by atoms with van der Waals surface area (Å²) in [5.74, 6) is 0. The zero-order valence-electron chi connectivity index (χ0n) is 10.9. The number of benzene rings is 1. The molecule has 3 nitrogen and oxygen atoms in total. The SMILES string of the molecule is CC(Cn1c(=S)[nH]c2ccccc21)N(C)C1CC1.